The summed E-state index contributed by atoms with van der Waals surface area (Å²) in [7, 11) is -0.864. The molecule has 0 amide bonds. The van der Waals surface area contributed by atoms with E-state index in [1.54, 1.807) is 0 Å². The van der Waals surface area contributed by atoms with Gasteiger partial charge < -0.3 is 14.4 Å². The van der Waals surface area contributed by atoms with Crippen LogP contribution in [0.25, 0.3) is 4.85 Å². The predicted molar refractivity (Wildman–Crippen MR) is 90.5 cm³/mol. The van der Waals surface area contributed by atoms with E-state index in [1.165, 1.54) is 0 Å². The van der Waals surface area contributed by atoms with Crippen molar-refractivity contribution in [2.75, 3.05) is 0 Å². The molecule has 0 aliphatic carbocycles. The minimum Gasteiger partial charge on any atom is -0.457 e. The van der Waals surface area contributed by atoms with Gasteiger partial charge >= 0.3 is 7.12 Å². The zero-order valence-corrected chi connectivity index (χ0v) is 13.7. The molecule has 116 valence electrons. The quantitative estimate of drug-likeness (QED) is 0.679. The van der Waals surface area contributed by atoms with Gasteiger partial charge in [-0.1, -0.05) is 0 Å². The van der Waals surface area contributed by atoms with Crippen LogP contribution >= 0.6 is 0 Å². The summed E-state index contributed by atoms with van der Waals surface area (Å²) in [6.07, 6.45) is -0.157. The average Bonchev–Trinajstić information content (AvgIpc) is 2.73. The molecule has 0 fully saturated rings. The molecule has 1 aliphatic rings. The third-order valence-corrected chi connectivity index (χ3v) is 4.22. The molecule has 0 radical (unpaired) electrons. The van der Waals surface area contributed by atoms with Crippen LogP contribution in [0.15, 0.2) is 24.3 Å². The van der Waals surface area contributed by atoms with E-state index in [9.17, 15) is 5.02 Å². The molecular formula is C18H18BNO3. The van der Waals surface area contributed by atoms with Crippen molar-refractivity contribution in [3.8, 4) is 11.5 Å². The Labute approximate surface area is 136 Å². The maximum absolute atomic E-state index is 9.95. The fourth-order valence-corrected chi connectivity index (χ4v) is 3.15. The van der Waals surface area contributed by atoms with Crippen molar-refractivity contribution in [3.05, 3.63) is 57.9 Å². The molecule has 2 aromatic rings. The molecule has 4 nitrogen and oxygen atoms in total. The van der Waals surface area contributed by atoms with Crippen LogP contribution in [-0.2, 0) is 4.65 Å². The van der Waals surface area contributed by atoms with Gasteiger partial charge in [-0.2, -0.15) is 0 Å². The lowest BCUT2D eigenvalue weighted by Gasteiger charge is -2.13. The zero-order chi connectivity index (χ0) is 16.7. The van der Waals surface area contributed by atoms with E-state index in [4.69, 9.17) is 16.0 Å². The molecule has 0 spiro atoms. The van der Waals surface area contributed by atoms with Gasteiger partial charge in [0.1, 0.15) is 11.5 Å². The van der Waals surface area contributed by atoms with Crippen molar-refractivity contribution in [3.63, 3.8) is 0 Å². The second kappa shape index (κ2) is 5.73. The molecular weight excluding hydrogens is 289 g/mol. The Morgan fingerprint density at radius 1 is 1.09 bits per heavy atom. The van der Waals surface area contributed by atoms with Crippen LogP contribution in [-0.4, -0.2) is 12.1 Å². The molecule has 1 aliphatic heterocycles. The maximum Gasteiger partial charge on any atom is 0.492 e. The molecule has 3 rings (SSSR count). The standard InChI is InChI=1S/C18H18BNO3/c1-10-6-15(9-16-13(4)23-19(21)17(10)16)22-14-7-11(2)18(20-5)12(3)8-14/h6-9,13,21H,1-4H3. The second-order valence-electron chi connectivity index (χ2n) is 5.99. The van der Waals surface area contributed by atoms with Crippen molar-refractivity contribution in [2.24, 2.45) is 0 Å². The van der Waals surface area contributed by atoms with Crippen LogP contribution in [0.3, 0.4) is 0 Å². The van der Waals surface area contributed by atoms with E-state index in [1.807, 2.05) is 52.0 Å². The number of benzene rings is 2. The van der Waals surface area contributed by atoms with Gasteiger partial charge in [0.15, 0.2) is 5.69 Å². The molecule has 0 saturated heterocycles. The first-order chi connectivity index (χ1) is 10.9. The number of hydrogen-bond acceptors (Lipinski definition) is 3. The van der Waals surface area contributed by atoms with Gasteiger partial charge in [-0.05, 0) is 79.7 Å². The van der Waals surface area contributed by atoms with Crippen molar-refractivity contribution >= 4 is 18.3 Å². The summed E-state index contributed by atoms with van der Waals surface area (Å²) < 4.78 is 11.4. The molecule has 1 unspecified atom stereocenters. The first-order valence-electron chi connectivity index (χ1n) is 7.55. The molecule has 1 atom stereocenters. The molecule has 1 N–H and O–H groups in total. The third-order valence-electron chi connectivity index (χ3n) is 4.22. The largest absolute Gasteiger partial charge is 0.492 e. The van der Waals surface area contributed by atoms with E-state index in [0.717, 1.165) is 27.7 Å². The van der Waals surface area contributed by atoms with Gasteiger partial charge in [0, 0.05) is 0 Å². The van der Waals surface area contributed by atoms with Crippen molar-refractivity contribution in [1.29, 1.82) is 0 Å². The highest BCUT2D eigenvalue weighted by atomic mass is 16.5. The lowest BCUT2D eigenvalue weighted by Crippen LogP contribution is -2.30. The summed E-state index contributed by atoms with van der Waals surface area (Å²) in [6.45, 7) is 14.9. The Morgan fingerprint density at radius 2 is 1.65 bits per heavy atom. The fraction of sp³-hybridized carbons (Fsp3) is 0.278. The first kappa shape index (κ1) is 15.6. The topological polar surface area (TPSA) is 43.0 Å². The smallest absolute Gasteiger partial charge is 0.457 e. The van der Waals surface area contributed by atoms with Gasteiger partial charge in [-0.3, -0.25) is 0 Å². The van der Waals surface area contributed by atoms with Crippen LogP contribution in [0.1, 0.15) is 35.3 Å². The van der Waals surface area contributed by atoms with E-state index in [0.29, 0.717) is 17.2 Å². The molecule has 5 heteroatoms. The van der Waals surface area contributed by atoms with Crippen LogP contribution in [0, 0.1) is 27.3 Å². The maximum atomic E-state index is 9.95. The minimum atomic E-state index is -0.864. The minimum absolute atomic E-state index is 0.157. The number of aryl methyl sites for hydroxylation is 3. The van der Waals surface area contributed by atoms with E-state index < -0.39 is 7.12 Å². The highest BCUT2D eigenvalue weighted by Gasteiger charge is 2.34. The van der Waals surface area contributed by atoms with Gasteiger partial charge in [0.05, 0.1) is 12.7 Å². The second-order valence-corrected chi connectivity index (χ2v) is 5.99. The van der Waals surface area contributed by atoms with Crippen LogP contribution < -0.4 is 10.2 Å². The third kappa shape index (κ3) is 2.72. The number of fused-ring (bicyclic) bond motifs is 1. The van der Waals surface area contributed by atoms with Crippen molar-refractivity contribution < 1.29 is 14.4 Å². The SMILES string of the molecule is [C-]#[N+]c1c(C)cc(Oc2cc(C)c3c(c2)C(C)OB3O)cc1C. The van der Waals surface area contributed by atoms with Gasteiger partial charge in [-0.25, -0.2) is 4.85 Å². The monoisotopic (exact) mass is 307 g/mol. The summed E-state index contributed by atoms with van der Waals surface area (Å²) in [5, 5.41) is 9.95. The van der Waals surface area contributed by atoms with E-state index >= 15 is 0 Å². The van der Waals surface area contributed by atoms with Gasteiger partial charge in [0.2, 0.25) is 0 Å². The van der Waals surface area contributed by atoms with E-state index in [2.05, 4.69) is 4.85 Å². The van der Waals surface area contributed by atoms with Crippen molar-refractivity contribution in [1.82, 2.24) is 0 Å². The molecule has 0 saturated carbocycles. The lowest BCUT2D eigenvalue weighted by atomic mass is 9.76. The Bertz CT molecular complexity index is 803. The van der Waals surface area contributed by atoms with E-state index in [-0.39, 0.29) is 6.10 Å². The highest BCUT2D eigenvalue weighted by Crippen LogP contribution is 2.33. The highest BCUT2D eigenvalue weighted by molar-refractivity contribution is 6.62. The predicted octanol–water partition coefficient (Wildman–Crippen LogP) is 3.73. The molecule has 2 aromatic carbocycles. The Morgan fingerprint density at radius 3 is 2.26 bits per heavy atom. The summed E-state index contributed by atoms with van der Waals surface area (Å²) in [5.74, 6) is 1.42. The van der Waals surface area contributed by atoms with Gasteiger partial charge in [-0.15, -0.1) is 0 Å². The number of hydrogen-bond donors (Lipinski definition) is 1. The normalized spacial score (nSPS) is 16.2. The number of nitrogens with zero attached hydrogens (tertiary/aromatic N) is 1. The lowest BCUT2D eigenvalue weighted by molar-refractivity contribution is 0.208. The fourth-order valence-electron chi connectivity index (χ4n) is 3.15. The molecule has 0 aromatic heterocycles. The number of rotatable bonds is 2. The molecule has 0 bridgehead atoms. The van der Waals surface area contributed by atoms with Gasteiger partial charge in [0.25, 0.3) is 0 Å². The Balaban J connectivity index is 1.98. The summed E-state index contributed by atoms with van der Waals surface area (Å²) >= 11 is 0. The Hall–Kier alpha value is -2.29. The van der Waals surface area contributed by atoms with Crippen LogP contribution in [0.4, 0.5) is 5.69 Å². The number of ether oxygens (including phenoxy) is 1. The summed E-state index contributed by atoms with van der Waals surface area (Å²) in [6, 6.07) is 7.56. The van der Waals surface area contributed by atoms with Crippen LogP contribution in [0.2, 0.25) is 0 Å². The zero-order valence-electron chi connectivity index (χ0n) is 13.7. The molecule has 23 heavy (non-hydrogen) atoms. The van der Waals surface area contributed by atoms with Crippen molar-refractivity contribution in [2.45, 2.75) is 33.8 Å². The van der Waals surface area contributed by atoms with Crippen LogP contribution in [0.5, 0.6) is 11.5 Å². The Kier molecular flexibility index (Phi) is 3.89. The summed E-state index contributed by atoms with van der Waals surface area (Å²) in [4.78, 5) is 3.55. The first-order valence-corrected chi connectivity index (χ1v) is 7.55. The molecule has 1 heterocycles. The summed E-state index contributed by atoms with van der Waals surface area (Å²) in [5.41, 5.74) is 5.22. The average molecular weight is 307 g/mol.